The molecule has 0 aliphatic heterocycles. The Morgan fingerprint density at radius 2 is 1.96 bits per heavy atom. The molecule has 1 N–H and O–H groups in total. The maximum Gasteiger partial charge on any atom is 0.335 e. The van der Waals surface area contributed by atoms with Crippen molar-refractivity contribution < 1.29 is 9.90 Å². The van der Waals surface area contributed by atoms with Crippen molar-refractivity contribution in [2.45, 2.75) is 13.8 Å². The average Bonchev–Trinajstić information content (AvgIpc) is 2.64. The van der Waals surface area contributed by atoms with Gasteiger partial charge in [-0.1, -0.05) is 60.2 Å². The number of aromatic carboxylic acids is 1. The Balaban J connectivity index is 2.20. The minimum absolute atomic E-state index is 0.256. The lowest BCUT2D eigenvalue weighted by Crippen LogP contribution is -1.96. The van der Waals surface area contributed by atoms with Gasteiger partial charge in [-0.05, 0) is 43.7 Å². The summed E-state index contributed by atoms with van der Waals surface area (Å²) in [6, 6.07) is 10.7. The smallest absolute Gasteiger partial charge is 0.335 e. The van der Waals surface area contributed by atoms with Gasteiger partial charge in [0, 0.05) is 11.8 Å². The number of carbonyl (C=O) groups is 1. The number of carboxylic acids is 1. The van der Waals surface area contributed by atoms with Gasteiger partial charge in [0.25, 0.3) is 0 Å². The molecule has 0 amide bonds. The second kappa shape index (κ2) is 9.18. The Morgan fingerprint density at radius 1 is 1.12 bits per heavy atom. The molecule has 0 radical (unpaired) electrons. The molecule has 0 bridgehead atoms. The lowest BCUT2D eigenvalue weighted by Gasteiger charge is -2.03. The van der Waals surface area contributed by atoms with Crippen LogP contribution in [0.2, 0.25) is 0 Å². The first-order valence-electron chi connectivity index (χ1n) is 8.04. The quantitative estimate of drug-likeness (QED) is 0.707. The van der Waals surface area contributed by atoms with Crippen molar-refractivity contribution >= 4 is 12.0 Å². The first-order chi connectivity index (χ1) is 12.1. The first kappa shape index (κ1) is 18.1. The summed E-state index contributed by atoms with van der Waals surface area (Å²) in [5.41, 5.74) is 3.94. The summed E-state index contributed by atoms with van der Waals surface area (Å²) >= 11 is 0. The zero-order chi connectivity index (χ0) is 18.1. The van der Waals surface area contributed by atoms with Gasteiger partial charge in [0.15, 0.2) is 0 Å². The summed E-state index contributed by atoms with van der Waals surface area (Å²) in [5, 5.41) is 9.11. The Labute approximate surface area is 148 Å². The molecule has 3 heteroatoms. The van der Waals surface area contributed by atoms with Crippen molar-refractivity contribution in [3.05, 3.63) is 95.8 Å². The molecule has 1 heterocycles. The number of nitrogens with zero attached hydrogens (tertiary/aromatic N) is 1. The van der Waals surface area contributed by atoms with Gasteiger partial charge in [0.1, 0.15) is 0 Å². The molecule has 0 fully saturated rings. The summed E-state index contributed by atoms with van der Waals surface area (Å²) in [5.74, 6) is -0.940. The summed E-state index contributed by atoms with van der Waals surface area (Å²) in [6.07, 6.45) is 15.8. The molecular formula is C22H21NO2. The minimum Gasteiger partial charge on any atom is -0.478 e. The van der Waals surface area contributed by atoms with Gasteiger partial charge in [-0.15, -0.1) is 0 Å². The first-order valence-corrected chi connectivity index (χ1v) is 8.04. The molecule has 0 unspecified atom stereocenters. The van der Waals surface area contributed by atoms with Crippen LogP contribution in [0.1, 0.15) is 29.8 Å². The van der Waals surface area contributed by atoms with E-state index in [0.717, 1.165) is 22.4 Å². The van der Waals surface area contributed by atoms with Gasteiger partial charge >= 0.3 is 5.97 Å². The number of allylic oxidation sites excluding steroid dienone is 7. The van der Waals surface area contributed by atoms with E-state index >= 15 is 0 Å². The van der Waals surface area contributed by atoms with Gasteiger partial charge in [0.05, 0.1) is 11.3 Å². The van der Waals surface area contributed by atoms with Crippen LogP contribution in [0.15, 0.2) is 84.6 Å². The molecule has 0 spiro atoms. The molecule has 2 rings (SSSR count). The van der Waals surface area contributed by atoms with Crippen LogP contribution in [0.4, 0.5) is 0 Å². The van der Waals surface area contributed by atoms with Gasteiger partial charge in [0.2, 0.25) is 0 Å². The van der Waals surface area contributed by atoms with E-state index in [2.05, 4.69) is 4.98 Å². The van der Waals surface area contributed by atoms with Crippen LogP contribution in [-0.2, 0) is 0 Å². The highest BCUT2D eigenvalue weighted by atomic mass is 16.4. The van der Waals surface area contributed by atoms with E-state index in [1.807, 2.05) is 74.6 Å². The van der Waals surface area contributed by atoms with Crippen LogP contribution in [0.25, 0.3) is 17.3 Å². The largest absolute Gasteiger partial charge is 0.478 e. The Kier molecular flexibility index (Phi) is 6.66. The average molecular weight is 331 g/mol. The topological polar surface area (TPSA) is 50.2 Å². The normalized spacial score (nSPS) is 12.5. The number of rotatable bonds is 6. The van der Waals surface area contributed by atoms with E-state index in [1.165, 1.54) is 0 Å². The number of hydrogen-bond acceptors (Lipinski definition) is 2. The predicted octanol–water partition coefficient (Wildman–Crippen LogP) is 5.54. The zero-order valence-electron chi connectivity index (χ0n) is 14.4. The molecule has 0 aliphatic carbocycles. The van der Waals surface area contributed by atoms with Crippen LogP contribution in [0.5, 0.6) is 0 Å². The highest BCUT2D eigenvalue weighted by Gasteiger charge is 2.05. The summed E-state index contributed by atoms with van der Waals surface area (Å²) in [4.78, 5) is 15.5. The van der Waals surface area contributed by atoms with E-state index < -0.39 is 5.97 Å². The molecule has 0 atom stereocenters. The third-order valence-electron chi connectivity index (χ3n) is 3.50. The van der Waals surface area contributed by atoms with Crippen molar-refractivity contribution in [3.63, 3.8) is 0 Å². The lowest BCUT2D eigenvalue weighted by atomic mass is 10.1. The van der Waals surface area contributed by atoms with E-state index in [1.54, 1.807) is 24.4 Å². The Morgan fingerprint density at radius 3 is 2.72 bits per heavy atom. The fourth-order valence-corrected chi connectivity index (χ4v) is 2.19. The molecule has 2 aromatic rings. The highest BCUT2D eigenvalue weighted by molar-refractivity contribution is 5.89. The summed E-state index contributed by atoms with van der Waals surface area (Å²) in [7, 11) is 0. The summed E-state index contributed by atoms with van der Waals surface area (Å²) in [6.45, 7) is 4.02. The fraction of sp³-hybridized carbons (Fsp3) is 0.0909. The Bertz CT molecular complexity index is 858. The standard InChI is InChI=1S/C22H21NO2/c1-3-4-5-6-8-17(2)11-12-18-13-14-23-21(15-18)19-9-7-10-20(16-19)22(24)25/h3-16H,1-2H3,(H,24,25)/b4-3+,6-5-,12-11+,17-8+. The van der Waals surface area contributed by atoms with E-state index in [4.69, 9.17) is 5.11 Å². The van der Waals surface area contributed by atoms with Crippen LogP contribution >= 0.6 is 0 Å². The van der Waals surface area contributed by atoms with Gasteiger partial charge in [-0.25, -0.2) is 4.79 Å². The van der Waals surface area contributed by atoms with Crippen molar-refractivity contribution in [1.29, 1.82) is 0 Å². The maximum absolute atomic E-state index is 11.1. The molecule has 1 aromatic carbocycles. The monoisotopic (exact) mass is 331 g/mol. The molecular weight excluding hydrogens is 310 g/mol. The molecule has 126 valence electrons. The van der Waals surface area contributed by atoms with Crippen LogP contribution < -0.4 is 0 Å². The van der Waals surface area contributed by atoms with Crippen molar-refractivity contribution in [2.24, 2.45) is 0 Å². The van der Waals surface area contributed by atoms with E-state index in [0.29, 0.717) is 0 Å². The van der Waals surface area contributed by atoms with E-state index in [9.17, 15) is 4.79 Å². The van der Waals surface area contributed by atoms with Gasteiger partial charge in [-0.3, -0.25) is 4.98 Å². The van der Waals surface area contributed by atoms with Gasteiger partial charge in [-0.2, -0.15) is 0 Å². The molecule has 0 aliphatic rings. The second-order valence-electron chi connectivity index (χ2n) is 5.52. The number of carboxylic acid groups (broad SMARTS) is 1. The fourth-order valence-electron chi connectivity index (χ4n) is 2.19. The van der Waals surface area contributed by atoms with Crippen LogP contribution in [-0.4, -0.2) is 16.1 Å². The number of benzene rings is 1. The van der Waals surface area contributed by atoms with Crippen LogP contribution in [0, 0.1) is 0 Å². The predicted molar refractivity (Wildman–Crippen MR) is 103 cm³/mol. The van der Waals surface area contributed by atoms with Gasteiger partial charge < -0.3 is 5.11 Å². The van der Waals surface area contributed by atoms with Crippen molar-refractivity contribution in [2.75, 3.05) is 0 Å². The van der Waals surface area contributed by atoms with E-state index in [-0.39, 0.29) is 5.56 Å². The van der Waals surface area contributed by atoms with Crippen molar-refractivity contribution in [1.82, 2.24) is 4.98 Å². The number of aromatic nitrogens is 1. The molecule has 25 heavy (non-hydrogen) atoms. The number of pyridine rings is 1. The van der Waals surface area contributed by atoms with Crippen molar-refractivity contribution in [3.8, 4) is 11.3 Å². The summed E-state index contributed by atoms with van der Waals surface area (Å²) < 4.78 is 0. The molecule has 0 saturated carbocycles. The van der Waals surface area contributed by atoms with Crippen LogP contribution in [0.3, 0.4) is 0 Å². The SMILES string of the molecule is C/C=C/C=C\C=C(C)\C=C\c1ccnc(-c2cccc(C(=O)O)c2)c1. The lowest BCUT2D eigenvalue weighted by molar-refractivity contribution is 0.0697. The second-order valence-corrected chi connectivity index (χ2v) is 5.52. The third-order valence-corrected chi connectivity index (χ3v) is 3.50. The third kappa shape index (κ3) is 5.74. The Hall–Kier alpha value is -3.20. The molecule has 1 aromatic heterocycles. The number of hydrogen-bond donors (Lipinski definition) is 1. The molecule has 3 nitrogen and oxygen atoms in total. The molecule has 0 saturated heterocycles. The zero-order valence-corrected chi connectivity index (χ0v) is 14.4. The maximum atomic E-state index is 11.1. The minimum atomic E-state index is -0.940. The highest BCUT2D eigenvalue weighted by Crippen LogP contribution is 2.20.